The molecule has 0 bridgehead atoms. The maximum atomic E-state index is 12.2. The number of benzene rings is 1. The van der Waals surface area contributed by atoms with E-state index >= 15 is 0 Å². The van der Waals surface area contributed by atoms with Crippen LogP contribution in [0.5, 0.6) is 0 Å². The normalized spacial score (nSPS) is 17.4. The molecule has 1 aromatic carbocycles. The first-order valence-electron chi connectivity index (χ1n) is 7.99. The minimum absolute atomic E-state index is 0.0511. The molecule has 1 heterocycles. The van der Waals surface area contributed by atoms with Crippen molar-refractivity contribution in [3.63, 3.8) is 0 Å². The van der Waals surface area contributed by atoms with E-state index in [1.54, 1.807) is 23.7 Å². The number of aryl methyl sites for hydroxylation is 1. The molecule has 1 atom stereocenters. The van der Waals surface area contributed by atoms with Gasteiger partial charge in [-0.2, -0.15) is 0 Å². The first kappa shape index (κ1) is 17.7. The molecule has 0 saturated carbocycles. The van der Waals surface area contributed by atoms with Gasteiger partial charge in [-0.05, 0) is 18.9 Å². The molecule has 5 nitrogen and oxygen atoms in total. The molecule has 1 N–H and O–H groups in total. The topological polar surface area (TPSA) is 52.7 Å². The molecule has 1 aliphatic heterocycles. The Morgan fingerprint density at radius 1 is 1.39 bits per heavy atom. The van der Waals surface area contributed by atoms with Crippen molar-refractivity contribution in [1.29, 1.82) is 0 Å². The highest BCUT2D eigenvalue weighted by molar-refractivity contribution is 8.00. The van der Waals surface area contributed by atoms with Crippen molar-refractivity contribution in [1.82, 2.24) is 15.1 Å². The maximum Gasteiger partial charge on any atom is 0.317 e. The van der Waals surface area contributed by atoms with Crippen LogP contribution in [-0.2, 0) is 4.79 Å². The van der Waals surface area contributed by atoms with Crippen molar-refractivity contribution < 1.29 is 9.59 Å². The lowest BCUT2D eigenvalue weighted by molar-refractivity contribution is -0.128. The van der Waals surface area contributed by atoms with Gasteiger partial charge in [-0.15, -0.1) is 11.8 Å². The van der Waals surface area contributed by atoms with Gasteiger partial charge in [0.05, 0.1) is 5.75 Å². The molecule has 1 aromatic rings. The second-order valence-corrected chi connectivity index (χ2v) is 6.88. The third-order valence-corrected chi connectivity index (χ3v) is 5.14. The second kappa shape index (κ2) is 8.24. The monoisotopic (exact) mass is 335 g/mol. The summed E-state index contributed by atoms with van der Waals surface area (Å²) < 4.78 is 0. The van der Waals surface area contributed by atoms with Gasteiger partial charge < -0.3 is 15.1 Å². The second-order valence-electron chi connectivity index (χ2n) is 5.81. The van der Waals surface area contributed by atoms with E-state index in [0.29, 0.717) is 25.4 Å². The quantitative estimate of drug-likeness (QED) is 0.869. The number of thioether (sulfide) groups is 1. The van der Waals surface area contributed by atoms with E-state index in [0.717, 1.165) is 12.0 Å². The Labute approximate surface area is 142 Å². The smallest absolute Gasteiger partial charge is 0.317 e. The van der Waals surface area contributed by atoms with Gasteiger partial charge in [-0.25, -0.2) is 4.79 Å². The standard InChI is InChI=1S/C17H25N3O2S/c1-4-9-18-17(22)19(3)10-11-20-15(21)12-23-16(20)14-7-5-13(2)6-8-14/h5-8,16H,4,9-12H2,1-3H3,(H,18,22). The summed E-state index contributed by atoms with van der Waals surface area (Å²) in [6.07, 6.45) is 0.913. The van der Waals surface area contributed by atoms with E-state index in [1.165, 1.54) is 5.56 Å². The summed E-state index contributed by atoms with van der Waals surface area (Å²) in [5.74, 6) is 0.646. The lowest BCUT2D eigenvalue weighted by Gasteiger charge is -2.27. The third kappa shape index (κ3) is 4.64. The van der Waals surface area contributed by atoms with Crippen LogP contribution in [0.25, 0.3) is 0 Å². The van der Waals surface area contributed by atoms with Crippen LogP contribution in [0, 0.1) is 6.92 Å². The van der Waals surface area contributed by atoms with E-state index < -0.39 is 0 Å². The number of amides is 3. The Morgan fingerprint density at radius 3 is 2.74 bits per heavy atom. The SMILES string of the molecule is CCCNC(=O)N(C)CCN1C(=O)CSC1c1ccc(C)cc1. The molecular formula is C17H25N3O2S. The van der Waals surface area contributed by atoms with Crippen molar-refractivity contribution in [2.75, 3.05) is 32.4 Å². The Balaban J connectivity index is 1.95. The zero-order chi connectivity index (χ0) is 16.8. The Bertz CT molecular complexity index is 547. The number of nitrogens with one attached hydrogen (secondary N) is 1. The van der Waals surface area contributed by atoms with E-state index in [4.69, 9.17) is 0 Å². The zero-order valence-corrected chi connectivity index (χ0v) is 14.9. The first-order valence-corrected chi connectivity index (χ1v) is 9.04. The van der Waals surface area contributed by atoms with Crippen LogP contribution in [0.2, 0.25) is 0 Å². The molecule has 6 heteroatoms. The van der Waals surface area contributed by atoms with E-state index in [1.807, 2.05) is 11.8 Å². The molecule has 126 valence electrons. The number of nitrogens with zero attached hydrogens (tertiary/aromatic N) is 2. The molecule has 3 amide bonds. The summed E-state index contributed by atoms with van der Waals surface area (Å²) in [6, 6.07) is 8.22. The first-order chi connectivity index (χ1) is 11.0. The summed E-state index contributed by atoms with van der Waals surface area (Å²) in [5, 5.41) is 2.90. The maximum absolute atomic E-state index is 12.2. The number of urea groups is 1. The largest absolute Gasteiger partial charge is 0.338 e. The van der Waals surface area contributed by atoms with Gasteiger partial charge in [0, 0.05) is 26.7 Å². The average Bonchev–Trinajstić information content (AvgIpc) is 2.91. The van der Waals surface area contributed by atoms with Crippen LogP contribution in [0.4, 0.5) is 4.79 Å². The van der Waals surface area contributed by atoms with Gasteiger partial charge in [0.15, 0.2) is 0 Å². The Hall–Kier alpha value is -1.69. The minimum atomic E-state index is -0.0852. The highest BCUT2D eigenvalue weighted by atomic mass is 32.2. The van der Waals surface area contributed by atoms with Gasteiger partial charge in [0.1, 0.15) is 5.37 Å². The highest BCUT2D eigenvalue weighted by Gasteiger charge is 2.32. The molecule has 0 aromatic heterocycles. The van der Waals surface area contributed by atoms with Crippen molar-refractivity contribution in [3.8, 4) is 0 Å². The number of rotatable bonds is 6. The van der Waals surface area contributed by atoms with Gasteiger partial charge in [0.2, 0.25) is 5.91 Å². The van der Waals surface area contributed by atoms with Crippen LogP contribution < -0.4 is 5.32 Å². The van der Waals surface area contributed by atoms with Crippen LogP contribution in [-0.4, -0.2) is 54.2 Å². The molecule has 1 unspecified atom stereocenters. The van der Waals surface area contributed by atoms with Crippen LogP contribution in [0.1, 0.15) is 29.8 Å². The molecule has 23 heavy (non-hydrogen) atoms. The fraction of sp³-hybridized carbons (Fsp3) is 0.529. The van der Waals surface area contributed by atoms with E-state index in [-0.39, 0.29) is 17.3 Å². The summed E-state index contributed by atoms with van der Waals surface area (Å²) in [5.41, 5.74) is 2.35. The van der Waals surface area contributed by atoms with E-state index in [2.05, 4.69) is 36.5 Å². The minimum Gasteiger partial charge on any atom is -0.338 e. The van der Waals surface area contributed by atoms with Gasteiger partial charge >= 0.3 is 6.03 Å². The Morgan fingerprint density at radius 2 is 2.09 bits per heavy atom. The number of hydrogen-bond acceptors (Lipinski definition) is 3. The Kier molecular flexibility index (Phi) is 6.33. The predicted molar refractivity (Wildman–Crippen MR) is 94.4 cm³/mol. The van der Waals surface area contributed by atoms with Crippen LogP contribution in [0.15, 0.2) is 24.3 Å². The number of carbonyl (C=O) groups is 2. The van der Waals surface area contributed by atoms with Crippen molar-refractivity contribution in [2.45, 2.75) is 25.6 Å². The van der Waals surface area contributed by atoms with Crippen molar-refractivity contribution in [3.05, 3.63) is 35.4 Å². The molecule has 2 rings (SSSR count). The number of likely N-dealkylation sites (N-methyl/N-ethyl adjacent to an activating group) is 1. The van der Waals surface area contributed by atoms with Crippen LogP contribution in [0.3, 0.4) is 0 Å². The molecule has 1 aliphatic rings. The third-order valence-electron chi connectivity index (χ3n) is 3.88. The molecule has 1 saturated heterocycles. The molecule has 0 aliphatic carbocycles. The number of hydrogen-bond donors (Lipinski definition) is 1. The average molecular weight is 335 g/mol. The van der Waals surface area contributed by atoms with Crippen LogP contribution >= 0.6 is 11.8 Å². The molecule has 1 fully saturated rings. The number of carbonyl (C=O) groups excluding carboxylic acids is 2. The summed E-state index contributed by atoms with van der Waals surface area (Å²) >= 11 is 1.65. The highest BCUT2D eigenvalue weighted by Crippen LogP contribution is 2.38. The zero-order valence-electron chi connectivity index (χ0n) is 14.0. The van der Waals surface area contributed by atoms with Crippen molar-refractivity contribution in [2.24, 2.45) is 0 Å². The van der Waals surface area contributed by atoms with Gasteiger partial charge in [-0.3, -0.25) is 4.79 Å². The summed E-state index contributed by atoms with van der Waals surface area (Å²) in [6.45, 7) is 5.84. The summed E-state index contributed by atoms with van der Waals surface area (Å²) in [7, 11) is 1.76. The summed E-state index contributed by atoms with van der Waals surface area (Å²) in [4.78, 5) is 27.6. The fourth-order valence-corrected chi connectivity index (χ4v) is 3.65. The van der Waals surface area contributed by atoms with Gasteiger partial charge in [0.25, 0.3) is 0 Å². The fourth-order valence-electron chi connectivity index (χ4n) is 2.43. The molecular weight excluding hydrogens is 310 g/mol. The van der Waals surface area contributed by atoms with E-state index in [9.17, 15) is 9.59 Å². The van der Waals surface area contributed by atoms with Gasteiger partial charge in [-0.1, -0.05) is 36.8 Å². The molecule has 0 spiro atoms. The molecule has 0 radical (unpaired) electrons. The lowest BCUT2D eigenvalue weighted by atomic mass is 10.1. The predicted octanol–water partition coefficient (Wildman–Crippen LogP) is 2.62. The lowest BCUT2D eigenvalue weighted by Crippen LogP contribution is -2.42. The van der Waals surface area contributed by atoms with Crippen molar-refractivity contribution >= 4 is 23.7 Å².